The number of aliphatic hydroxyl groups is 2. The van der Waals surface area contributed by atoms with Crippen LogP contribution in [0, 0.1) is 5.92 Å². The van der Waals surface area contributed by atoms with E-state index in [1.54, 1.807) is 0 Å². The summed E-state index contributed by atoms with van der Waals surface area (Å²) in [4.78, 5) is 0. The van der Waals surface area contributed by atoms with Gasteiger partial charge in [0.1, 0.15) is 0 Å². The van der Waals surface area contributed by atoms with Crippen molar-refractivity contribution in [2.75, 3.05) is 6.54 Å². The first-order chi connectivity index (χ1) is 6.11. The number of hydrogen-bond donors (Lipinski definition) is 3. The molecule has 3 nitrogen and oxygen atoms in total. The summed E-state index contributed by atoms with van der Waals surface area (Å²) in [6.07, 6.45) is 2.52. The van der Waals surface area contributed by atoms with Gasteiger partial charge in [0.05, 0.1) is 12.2 Å². The molecule has 0 amide bonds. The van der Waals surface area contributed by atoms with Gasteiger partial charge in [-0.1, -0.05) is 13.8 Å². The van der Waals surface area contributed by atoms with Gasteiger partial charge in [-0.2, -0.15) is 0 Å². The predicted octanol–water partition coefficient (Wildman–Crippen LogP) is 0.506. The minimum Gasteiger partial charge on any atom is -0.392 e. The van der Waals surface area contributed by atoms with Crippen LogP contribution in [0.1, 0.15) is 33.1 Å². The third kappa shape index (κ3) is 3.25. The van der Waals surface area contributed by atoms with Gasteiger partial charge in [-0.3, -0.25) is 0 Å². The third-order valence-electron chi connectivity index (χ3n) is 2.84. The molecule has 1 saturated carbocycles. The van der Waals surface area contributed by atoms with Crippen LogP contribution in [0.5, 0.6) is 0 Å². The highest BCUT2D eigenvalue weighted by atomic mass is 16.3. The van der Waals surface area contributed by atoms with Crippen molar-refractivity contribution in [2.45, 2.75) is 51.4 Å². The summed E-state index contributed by atoms with van der Waals surface area (Å²) >= 11 is 0. The maximum atomic E-state index is 9.53. The zero-order chi connectivity index (χ0) is 9.84. The van der Waals surface area contributed by atoms with Crippen molar-refractivity contribution in [2.24, 2.45) is 5.92 Å². The quantitative estimate of drug-likeness (QED) is 0.601. The molecule has 3 atom stereocenters. The van der Waals surface area contributed by atoms with Crippen LogP contribution < -0.4 is 5.32 Å². The Morgan fingerprint density at radius 1 is 1.38 bits per heavy atom. The summed E-state index contributed by atoms with van der Waals surface area (Å²) in [5.74, 6) is 0.283. The van der Waals surface area contributed by atoms with Gasteiger partial charge < -0.3 is 15.5 Å². The average molecular weight is 187 g/mol. The van der Waals surface area contributed by atoms with E-state index in [9.17, 15) is 10.2 Å². The molecule has 0 aromatic rings. The van der Waals surface area contributed by atoms with E-state index < -0.39 is 0 Å². The molecule has 3 unspecified atom stereocenters. The molecule has 0 aliphatic heterocycles. The van der Waals surface area contributed by atoms with E-state index in [1.165, 1.54) is 0 Å². The van der Waals surface area contributed by atoms with E-state index in [0.29, 0.717) is 6.54 Å². The first kappa shape index (κ1) is 11.0. The summed E-state index contributed by atoms with van der Waals surface area (Å²) in [7, 11) is 0. The Morgan fingerprint density at radius 2 is 2.08 bits per heavy atom. The summed E-state index contributed by atoms with van der Waals surface area (Å²) in [5.41, 5.74) is 0. The van der Waals surface area contributed by atoms with Crippen molar-refractivity contribution in [3.8, 4) is 0 Å². The summed E-state index contributed by atoms with van der Waals surface area (Å²) in [6, 6.07) is 0.202. The van der Waals surface area contributed by atoms with Gasteiger partial charge in [-0.05, 0) is 25.2 Å². The van der Waals surface area contributed by atoms with E-state index >= 15 is 0 Å². The maximum Gasteiger partial charge on any atom is 0.0693 e. The lowest BCUT2D eigenvalue weighted by molar-refractivity contribution is 0.102. The highest BCUT2D eigenvalue weighted by molar-refractivity contribution is 4.83. The molecule has 0 aromatic carbocycles. The molecule has 0 spiro atoms. The Kier molecular flexibility index (Phi) is 4.16. The van der Waals surface area contributed by atoms with Crippen molar-refractivity contribution >= 4 is 0 Å². The van der Waals surface area contributed by atoms with E-state index in [0.717, 1.165) is 19.3 Å². The molecule has 0 aromatic heterocycles. The Bertz CT molecular complexity index is 150. The first-order valence-electron chi connectivity index (χ1n) is 5.20. The van der Waals surface area contributed by atoms with Gasteiger partial charge in [-0.25, -0.2) is 0 Å². The minimum atomic E-state index is -0.298. The summed E-state index contributed by atoms with van der Waals surface area (Å²) < 4.78 is 0. The van der Waals surface area contributed by atoms with E-state index in [2.05, 4.69) is 5.32 Å². The van der Waals surface area contributed by atoms with Crippen molar-refractivity contribution in [3.63, 3.8) is 0 Å². The molecule has 0 saturated heterocycles. The van der Waals surface area contributed by atoms with Crippen LogP contribution >= 0.6 is 0 Å². The topological polar surface area (TPSA) is 52.5 Å². The molecule has 0 radical (unpaired) electrons. The van der Waals surface area contributed by atoms with E-state index in [-0.39, 0.29) is 24.2 Å². The molecule has 0 heterocycles. The van der Waals surface area contributed by atoms with Gasteiger partial charge in [0.2, 0.25) is 0 Å². The Labute approximate surface area is 80.2 Å². The predicted molar refractivity (Wildman–Crippen MR) is 52.5 cm³/mol. The lowest BCUT2D eigenvalue weighted by Crippen LogP contribution is -2.41. The fourth-order valence-electron chi connectivity index (χ4n) is 1.69. The zero-order valence-electron chi connectivity index (χ0n) is 8.53. The van der Waals surface area contributed by atoms with Crippen molar-refractivity contribution in [1.82, 2.24) is 5.32 Å². The standard InChI is InChI=1S/C10H21NO2/c1-7(2)10(13)6-11-8-4-3-5-9(8)12/h7-13H,3-6H2,1-2H3. The van der Waals surface area contributed by atoms with Gasteiger partial charge in [0.15, 0.2) is 0 Å². The second-order valence-corrected chi connectivity index (χ2v) is 4.32. The van der Waals surface area contributed by atoms with Crippen LogP contribution in [0.4, 0.5) is 0 Å². The number of nitrogens with one attached hydrogen (secondary N) is 1. The molecule has 78 valence electrons. The SMILES string of the molecule is CC(C)C(O)CNC1CCCC1O. The molecule has 1 fully saturated rings. The molecule has 3 N–H and O–H groups in total. The van der Waals surface area contributed by atoms with Gasteiger partial charge in [0, 0.05) is 12.6 Å². The van der Waals surface area contributed by atoms with Crippen molar-refractivity contribution in [1.29, 1.82) is 0 Å². The average Bonchev–Trinajstić information content (AvgIpc) is 2.47. The van der Waals surface area contributed by atoms with Crippen molar-refractivity contribution in [3.05, 3.63) is 0 Å². The Balaban J connectivity index is 2.18. The smallest absolute Gasteiger partial charge is 0.0693 e. The largest absolute Gasteiger partial charge is 0.392 e. The fraction of sp³-hybridized carbons (Fsp3) is 1.00. The van der Waals surface area contributed by atoms with Crippen LogP contribution in [0.25, 0.3) is 0 Å². The molecule has 0 bridgehead atoms. The molecule has 13 heavy (non-hydrogen) atoms. The normalized spacial score (nSPS) is 31.2. The van der Waals surface area contributed by atoms with Gasteiger partial charge in [-0.15, -0.1) is 0 Å². The van der Waals surface area contributed by atoms with Crippen LogP contribution in [-0.4, -0.2) is 35.0 Å². The monoisotopic (exact) mass is 187 g/mol. The second-order valence-electron chi connectivity index (χ2n) is 4.32. The maximum absolute atomic E-state index is 9.53. The highest BCUT2D eigenvalue weighted by Crippen LogP contribution is 2.18. The minimum absolute atomic E-state index is 0.202. The number of rotatable bonds is 4. The van der Waals surface area contributed by atoms with Gasteiger partial charge >= 0.3 is 0 Å². The Morgan fingerprint density at radius 3 is 2.54 bits per heavy atom. The fourth-order valence-corrected chi connectivity index (χ4v) is 1.69. The molecule has 1 rings (SSSR count). The molecule has 3 heteroatoms. The van der Waals surface area contributed by atoms with Gasteiger partial charge in [0.25, 0.3) is 0 Å². The number of aliphatic hydroxyl groups excluding tert-OH is 2. The summed E-state index contributed by atoms with van der Waals surface area (Å²) in [6.45, 7) is 4.59. The molecule has 1 aliphatic carbocycles. The van der Waals surface area contributed by atoms with Crippen LogP contribution in [-0.2, 0) is 0 Å². The third-order valence-corrected chi connectivity index (χ3v) is 2.84. The zero-order valence-corrected chi connectivity index (χ0v) is 8.53. The van der Waals surface area contributed by atoms with Crippen LogP contribution in [0.15, 0.2) is 0 Å². The Hall–Kier alpha value is -0.120. The van der Waals surface area contributed by atoms with Crippen LogP contribution in [0.3, 0.4) is 0 Å². The molecular formula is C10H21NO2. The molecular weight excluding hydrogens is 166 g/mol. The molecule has 1 aliphatic rings. The highest BCUT2D eigenvalue weighted by Gasteiger charge is 2.25. The first-order valence-corrected chi connectivity index (χ1v) is 5.20. The second kappa shape index (κ2) is 4.94. The lowest BCUT2D eigenvalue weighted by Gasteiger charge is -2.20. The number of hydrogen-bond acceptors (Lipinski definition) is 3. The van der Waals surface area contributed by atoms with Crippen molar-refractivity contribution < 1.29 is 10.2 Å². The van der Waals surface area contributed by atoms with Crippen LogP contribution in [0.2, 0.25) is 0 Å². The summed E-state index contributed by atoms with van der Waals surface area (Å²) in [5, 5.41) is 22.2. The lowest BCUT2D eigenvalue weighted by atomic mass is 10.1. The van der Waals surface area contributed by atoms with E-state index in [4.69, 9.17) is 0 Å². The van der Waals surface area contributed by atoms with E-state index in [1.807, 2.05) is 13.8 Å².